The van der Waals surface area contributed by atoms with Gasteiger partial charge in [-0.25, -0.2) is 4.68 Å². The van der Waals surface area contributed by atoms with Gasteiger partial charge in [0, 0.05) is 28.1 Å². The summed E-state index contributed by atoms with van der Waals surface area (Å²) in [6.45, 7) is 8.90. The molecule has 0 amide bonds. The topological polar surface area (TPSA) is 106 Å². The smallest absolute Gasteiger partial charge is 0.201 e. The van der Waals surface area contributed by atoms with Crippen molar-refractivity contribution >= 4 is 22.1 Å². The van der Waals surface area contributed by atoms with Crippen LogP contribution in [0.5, 0.6) is 5.75 Å². The molecular weight excluding hydrogens is 380 g/mol. The van der Waals surface area contributed by atoms with Gasteiger partial charge in [0.1, 0.15) is 11.3 Å². The van der Waals surface area contributed by atoms with Gasteiger partial charge in [-0.1, -0.05) is 5.21 Å². The number of benzene rings is 1. The van der Waals surface area contributed by atoms with Gasteiger partial charge in [0.15, 0.2) is 0 Å². The lowest BCUT2D eigenvalue weighted by Gasteiger charge is -2.46. The van der Waals surface area contributed by atoms with Crippen molar-refractivity contribution in [1.82, 2.24) is 40.7 Å². The van der Waals surface area contributed by atoms with E-state index in [1.165, 1.54) is 0 Å². The summed E-state index contributed by atoms with van der Waals surface area (Å²) in [6, 6.07) is 6.04. The molecule has 1 saturated heterocycles. The molecule has 1 aliphatic rings. The van der Waals surface area contributed by atoms with Gasteiger partial charge in [0.05, 0.1) is 30.6 Å². The van der Waals surface area contributed by atoms with E-state index in [-0.39, 0.29) is 17.1 Å². The number of hydrogen-bond donors (Lipinski definition) is 2. The van der Waals surface area contributed by atoms with E-state index >= 15 is 0 Å². The lowest BCUT2D eigenvalue weighted by molar-refractivity contribution is 0.127. The van der Waals surface area contributed by atoms with Gasteiger partial charge in [-0.15, -0.1) is 15.3 Å². The number of ether oxygens (including phenoxy) is 1. The second-order valence-corrected chi connectivity index (χ2v) is 9.44. The predicted octanol–water partition coefficient (Wildman–Crippen LogP) is 3.25. The molecule has 4 heterocycles. The summed E-state index contributed by atoms with van der Waals surface area (Å²) >= 11 is 0. The molecule has 1 fully saturated rings. The Hall–Kier alpha value is -3.07. The molecule has 9 nitrogen and oxygen atoms in total. The Bertz CT molecular complexity index is 1220. The van der Waals surface area contributed by atoms with Gasteiger partial charge < -0.3 is 10.1 Å². The van der Waals surface area contributed by atoms with Crippen LogP contribution >= 0.6 is 0 Å². The van der Waals surface area contributed by atoms with Gasteiger partial charge in [-0.2, -0.15) is 5.10 Å². The lowest BCUT2D eigenvalue weighted by atomic mass is 9.80. The van der Waals surface area contributed by atoms with Crippen LogP contribution in [-0.2, 0) is 0 Å². The molecule has 30 heavy (non-hydrogen) atoms. The van der Waals surface area contributed by atoms with Crippen molar-refractivity contribution in [3.63, 3.8) is 0 Å². The highest BCUT2D eigenvalue weighted by molar-refractivity contribution is 5.88. The van der Waals surface area contributed by atoms with Gasteiger partial charge in [-0.05, 0) is 52.7 Å². The summed E-state index contributed by atoms with van der Waals surface area (Å²) in [5.74, 6) is 0.703. The van der Waals surface area contributed by atoms with E-state index in [2.05, 4.69) is 63.7 Å². The molecule has 0 aliphatic carbocycles. The minimum atomic E-state index is 0.00539. The number of methoxy groups -OCH3 is 1. The van der Waals surface area contributed by atoms with Gasteiger partial charge in [0.2, 0.25) is 5.65 Å². The van der Waals surface area contributed by atoms with Crippen molar-refractivity contribution < 1.29 is 4.74 Å². The second kappa shape index (κ2) is 6.46. The second-order valence-electron chi connectivity index (χ2n) is 9.44. The molecule has 156 valence electrons. The van der Waals surface area contributed by atoms with Crippen molar-refractivity contribution in [1.29, 1.82) is 0 Å². The average Bonchev–Trinajstić information content (AvgIpc) is 3.30. The summed E-state index contributed by atoms with van der Waals surface area (Å²) < 4.78 is 7.51. The highest BCUT2D eigenvalue weighted by Gasteiger charge is 2.39. The van der Waals surface area contributed by atoms with E-state index in [1.54, 1.807) is 13.3 Å². The summed E-state index contributed by atoms with van der Waals surface area (Å²) in [6.07, 6.45) is 3.67. The van der Waals surface area contributed by atoms with Crippen LogP contribution in [0.25, 0.3) is 33.3 Å². The Morgan fingerprint density at radius 2 is 1.80 bits per heavy atom. The van der Waals surface area contributed by atoms with Gasteiger partial charge in [0.25, 0.3) is 0 Å². The SMILES string of the molecule is COc1cc2[nH]ncc2cc1-c1cc2nnn(C3CC(C)(C)NC(C)(C)C3)c2nn1. The lowest BCUT2D eigenvalue weighted by Crippen LogP contribution is -2.58. The Morgan fingerprint density at radius 3 is 2.53 bits per heavy atom. The number of aromatic amines is 1. The van der Waals surface area contributed by atoms with Crippen molar-refractivity contribution in [2.24, 2.45) is 0 Å². The molecule has 1 aliphatic heterocycles. The molecule has 2 N–H and O–H groups in total. The fraction of sp³-hybridized carbons (Fsp3) is 0.476. The highest BCUT2D eigenvalue weighted by Crippen LogP contribution is 2.37. The predicted molar refractivity (Wildman–Crippen MR) is 114 cm³/mol. The van der Waals surface area contributed by atoms with E-state index in [0.717, 1.165) is 34.8 Å². The third kappa shape index (κ3) is 3.19. The highest BCUT2D eigenvalue weighted by atomic mass is 16.5. The van der Waals surface area contributed by atoms with Crippen LogP contribution in [0.3, 0.4) is 0 Å². The molecule has 0 atom stereocenters. The van der Waals surface area contributed by atoms with Crippen LogP contribution in [0, 0.1) is 0 Å². The van der Waals surface area contributed by atoms with Crippen LogP contribution in [0.1, 0.15) is 46.6 Å². The molecule has 9 heteroatoms. The van der Waals surface area contributed by atoms with Crippen molar-refractivity contribution in [3.8, 4) is 17.0 Å². The van der Waals surface area contributed by atoms with Crippen molar-refractivity contribution in [3.05, 3.63) is 24.4 Å². The van der Waals surface area contributed by atoms with E-state index in [9.17, 15) is 0 Å². The third-order valence-corrected chi connectivity index (χ3v) is 5.77. The Morgan fingerprint density at radius 1 is 1.03 bits per heavy atom. The number of H-pyrrole nitrogens is 1. The average molecular weight is 406 g/mol. The zero-order chi connectivity index (χ0) is 21.1. The van der Waals surface area contributed by atoms with Gasteiger partial charge >= 0.3 is 0 Å². The Kier molecular flexibility index (Phi) is 4.08. The Labute approximate surface area is 174 Å². The minimum Gasteiger partial charge on any atom is -0.496 e. The molecular formula is C21H26N8O. The summed E-state index contributed by atoms with van der Waals surface area (Å²) in [5.41, 5.74) is 3.90. The summed E-state index contributed by atoms with van der Waals surface area (Å²) in [7, 11) is 1.64. The molecule has 0 spiro atoms. The molecule has 3 aromatic heterocycles. The van der Waals surface area contributed by atoms with E-state index in [1.807, 2.05) is 22.9 Å². The van der Waals surface area contributed by atoms with Crippen LogP contribution in [0.4, 0.5) is 0 Å². The standard InChI is InChI=1S/C21H26N8O/c1-20(2)9-13(10-21(3,4)27-20)29-19-17(25-28-29)7-16(24-26-19)14-6-12-11-22-23-15(12)8-18(14)30-5/h6-8,11,13,27H,9-10H2,1-5H3,(H,22,23). The first-order valence-electron chi connectivity index (χ1n) is 10.1. The number of hydrogen-bond acceptors (Lipinski definition) is 7. The molecule has 1 aromatic carbocycles. The number of fused-ring (bicyclic) bond motifs is 2. The van der Waals surface area contributed by atoms with Crippen LogP contribution in [0.15, 0.2) is 24.4 Å². The first-order valence-corrected chi connectivity index (χ1v) is 10.1. The third-order valence-electron chi connectivity index (χ3n) is 5.77. The molecule has 4 aromatic rings. The number of rotatable bonds is 3. The quantitative estimate of drug-likeness (QED) is 0.538. The van der Waals surface area contributed by atoms with E-state index < -0.39 is 0 Å². The molecule has 5 rings (SSSR count). The summed E-state index contributed by atoms with van der Waals surface area (Å²) in [5, 5.41) is 29.6. The van der Waals surface area contributed by atoms with Crippen molar-refractivity contribution in [2.45, 2.75) is 57.7 Å². The fourth-order valence-electron chi connectivity index (χ4n) is 4.91. The first kappa shape index (κ1) is 18.9. The van der Waals surface area contributed by atoms with Crippen LogP contribution < -0.4 is 10.1 Å². The van der Waals surface area contributed by atoms with Crippen LogP contribution in [0.2, 0.25) is 0 Å². The van der Waals surface area contributed by atoms with Gasteiger partial charge in [-0.3, -0.25) is 5.10 Å². The number of aromatic nitrogens is 7. The first-order chi connectivity index (χ1) is 14.2. The monoisotopic (exact) mass is 406 g/mol. The van der Waals surface area contributed by atoms with E-state index in [4.69, 9.17) is 4.74 Å². The largest absolute Gasteiger partial charge is 0.496 e. The maximum absolute atomic E-state index is 5.57. The molecule has 0 unspecified atom stereocenters. The number of piperidine rings is 1. The minimum absolute atomic E-state index is 0.00539. The molecule has 0 bridgehead atoms. The maximum Gasteiger partial charge on any atom is 0.201 e. The summed E-state index contributed by atoms with van der Waals surface area (Å²) in [4.78, 5) is 0. The molecule has 0 radical (unpaired) electrons. The zero-order valence-electron chi connectivity index (χ0n) is 17.9. The molecule has 0 saturated carbocycles. The van der Waals surface area contributed by atoms with Crippen molar-refractivity contribution in [2.75, 3.05) is 7.11 Å². The van der Waals surface area contributed by atoms with E-state index in [0.29, 0.717) is 17.1 Å². The number of nitrogens with zero attached hydrogens (tertiary/aromatic N) is 6. The number of nitrogens with one attached hydrogen (secondary N) is 2. The Balaban J connectivity index is 1.56. The normalized spacial score (nSPS) is 18.8. The van der Waals surface area contributed by atoms with Crippen LogP contribution in [-0.4, -0.2) is 53.6 Å². The zero-order valence-corrected chi connectivity index (χ0v) is 17.9. The maximum atomic E-state index is 5.57. The fourth-order valence-corrected chi connectivity index (χ4v) is 4.91.